The van der Waals surface area contributed by atoms with Crippen molar-refractivity contribution in [2.24, 2.45) is 0 Å². The number of benzene rings is 8. The predicted octanol–water partition coefficient (Wildman–Crippen LogP) is 16.2. The highest BCUT2D eigenvalue weighted by molar-refractivity contribution is 6.19. The van der Waals surface area contributed by atoms with Gasteiger partial charge in [0.1, 0.15) is 11.6 Å². The van der Waals surface area contributed by atoms with E-state index >= 15 is 0 Å². The fourth-order valence-corrected chi connectivity index (χ4v) is 12.7. The van der Waals surface area contributed by atoms with Crippen molar-refractivity contribution in [2.75, 3.05) is 0 Å². The van der Waals surface area contributed by atoms with Gasteiger partial charge in [0.25, 0.3) is 0 Å². The lowest BCUT2D eigenvalue weighted by Gasteiger charge is -2.15. The molecule has 0 saturated heterocycles. The second-order valence-electron chi connectivity index (χ2n) is 19.3. The second-order valence-corrected chi connectivity index (χ2v) is 19.3. The van der Waals surface area contributed by atoms with E-state index in [0.717, 1.165) is 65.4 Å². The topological polar surface area (TPSA) is 37.5 Å². The van der Waals surface area contributed by atoms with Gasteiger partial charge in [0.05, 0.1) is 44.1 Å². The number of pyridine rings is 1. The maximum atomic E-state index is 5.62. The van der Waals surface area contributed by atoms with Gasteiger partial charge in [-0.05, 0) is 122 Å². The Bertz CT molecular complexity index is 4580. The molecule has 6 heterocycles. The number of hydrogen-bond acceptors (Lipinski definition) is 1. The summed E-state index contributed by atoms with van der Waals surface area (Å²) < 4.78 is 12.3. The number of aryl methyl sites for hydroxylation is 1. The van der Waals surface area contributed by atoms with Gasteiger partial charge < -0.3 is 13.7 Å². The summed E-state index contributed by atoms with van der Waals surface area (Å²) in [6.07, 6.45) is 13.3. The molecular weight excluding hydrogens is 865 g/mol. The van der Waals surface area contributed by atoms with Crippen LogP contribution in [-0.2, 0) is 12.8 Å². The number of allylic oxidation sites excluding steroid dienone is 2. The minimum Gasteiger partial charge on any atom is -0.309 e. The number of para-hydroxylation sites is 5. The summed E-state index contributed by atoms with van der Waals surface area (Å²) in [7, 11) is 0. The molecule has 0 saturated carbocycles. The third kappa shape index (κ3) is 5.39. The van der Waals surface area contributed by atoms with Gasteiger partial charge in [-0.1, -0.05) is 127 Å². The molecule has 16 rings (SSSR count). The Morgan fingerprint density at radius 3 is 1.54 bits per heavy atom. The van der Waals surface area contributed by atoms with E-state index in [-0.39, 0.29) is 0 Å². The minimum absolute atomic E-state index is 0.918. The number of hydrogen-bond donors (Lipinski definition) is 0. The van der Waals surface area contributed by atoms with Crippen LogP contribution in [0.4, 0.5) is 0 Å². The van der Waals surface area contributed by atoms with Crippen LogP contribution in [0.3, 0.4) is 0 Å². The Balaban J connectivity index is 0.925. The molecule has 6 aromatic heterocycles. The van der Waals surface area contributed by atoms with Crippen molar-refractivity contribution in [1.82, 2.24) is 27.8 Å². The number of aromatic nitrogens is 6. The average molecular weight is 909 g/mol. The Kier molecular flexibility index (Phi) is 8.03. The van der Waals surface area contributed by atoms with Gasteiger partial charge in [0.15, 0.2) is 0 Å². The number of fused-ring (bicyclic) bond motifs is 16. The van der Waals surface area contributed by atoms with Crippen molar-refractivity contribution in [2.45, 2.75) is 25.7 Å². The van der Waals surface area contributed by atoms with Gasteiger partial charge in [0.2, 0.25) is 0 Å². The quantitative estimate of drug-likeness (QED) is 0.170. The molecular formula is C65H44N6. The van der Waals surface area contributed by atoms with E-state index in [1.807, 2.05) is 0 Å². The minimum atomic E-state index is 0.918. The van der Waals surface area contributed by atoms with Crippen LogP contribution in [-0.4, -0.2) is 27.8 Å². The molecule has 2 aliphatic rings. The Hall–Kier alpha value is -9.13. The molecule has 0 aliphatic heterocycles. The molecule has 14 aromatic rings. The Morgan fingerprint density at radius 1 is 0.338 bits per heavy atom. The van der Waals surface area contributed by atoms with E-state index in [4.69, 9.17) is 4.98 Å². The third-order valence-corrected chi connectivity index (χ3v) is 15.6. The highest BCUT2D eigenvalue weighted by Crippen LogP contribution is 2.45. The molecule has 6 heteroatoms. The Morgan fingerprint density at radius 2 is 0.859 bits per heavy atom. The van der Waals surface area contributed by atoms with E-state index in [2.05, 4.69) is 241 Å². The lowest BCUT2D eigenvalue weighted by Crippen LogP contribution is -2.07. The summed E-state index contributed by atoms with van der Waals surface area (Å²) in [6, 6.07) is 71.3. The van der Waals surface area contributed by atoms with Gasteiger partial charge in [-0.3, -0.25) is 9.13 Å². The van der Waals surface area contributed by atoms with Crippen LogP contribution in [0.25, 0.3) is 128 Å². The molecule has 71 heavy (non-hydrogen) atoms. The summed E-state index contributed by atoms with van der Waals surface area (Å²) >= 11 is 0. The fourth-order valence-electron chi connectivity index (χ4n) is 12.7. The molecule has 0 N–H and O–H groups in total. The van der Waals surface area contributed by atoms with Crippen molar-refractivity contribution in [3.8, 4) is 28.7 Å². The molecule has 0 atom stereocenters. The largest absolute Gasteiger partial charge is 0.309 e. The first kappa shape index (κ1) is 38.8. The van der Waals surface area contributed by atoms with Crippen molar-refractivity contribution >= 4 is 99.4 Å². The van der Waals surface area contributed by atoms with Gasteiger partial charge in [-0.25, -0.2) is 4.98 Å². The van der Waals surface area contributed by atoms with Crippen molar-refractivity contribution in [1.29, 1.82) is 0 Å². The maximum absolute atomic E-state index is 5.62. The number of nitrogens with zero attached hydrogens (tertiary/aromatic N) is 6. The molecule has 2 aliphatic carbocycles. The van der Waals surface area contributed by atoms with Crippen molar-refractivity contribution in [3.63, 3.8) is 0 Å². The smallest absolute Gasteiger partial charge is 0.140 e. The van der Waals surface area contributed by atoms with Crippen LogP contribution in [0.1, 0.15) is 35.4 Å². The molecule has 0 spiro atoms. The first-order valence-electron chi connectivity index (χ1n) is 24.9. The van der Waals surface area contributed by atoms with E-state index < -0.39 is 0 Å². The van der Waals surface area contributed by atoms with Crippen LogP contribution < -0.4 is 0 Å². The van der Waals surface area contributed by atoms with Gasteiger partial charge in [-0.2, -0.15) is 0 Å². The van der Waals surface area contributed by atoms with Crippen LogP contribution in [0.15, 0.2) is 206 Å². The molecule has 0 unspecified atom stereocenters. The highest BCUT2D eigenvalue weighted by atomic mass is 15.1. The van der Waals surface area contributed by atoms with Crippen LogP contribution >= 0.6 is 0 Å². The lowest BCUT2D eigenvalue weighted by atomic mass is 9.98. The van der Waals surface area contributed by atoms with Crippen LogP contribution in [0.5, 0.6) is 0 Å². The lowest BCUT2D eigenvalue weighted by molar-refractivity contribution is 0.867. The summed E-state index contributed by atoms with van der Waals surface area (Å²) in [6.45, 7) is 0. The molecule has 0 radical (unpaired) electrons. The van der Waals surface area contributed by atoms with Crippen LogP contribution in [0.2, 0.25) is 0 Å². The monoisotopic (exact) mass is 908 g/mol. The molecule has 0 fully saturated rings. The first-order chi connectivity index (χ1) is 35.3. The molecule has 0 amide bonds. The molecule has 0 bridgehead atoms. The average Bonchev–Trinajstić information content (AvgIpc) is 4.22. The highest BCUT2D eigenvalue weighted by Gasteiger charge is 2.28. The zero-order chi connectivity index (χ0) is 46.3. The van der Waals surface area contributed by atoms with Gasteiger partial charge in [0, 0.05) is 77.1 Å². The summed E-state index contributed by atoms with van der Waals surface area (Å²) in [5.41, 5.74) is 18.3. The van der Waals surface area contributed by atoms with Crippen molar-refractivity contribution < 1.29 is 0 Å². The standard InChI is InChI=1S/C65H44N6/c1-2-18-41(19-3-1)67-53-28-10-7-25-47(53)51-40-61-52(39-60(51)67)48-26-8-11-29-54(48)69(61)43-21-16-20-42(38-43)68-58-33-15-9-27-50(58)64-59(68)37-36-49-46-24-6-14-32-57(46)71(65(49)64)63-35-17-34-62(66-63)70-55-30-12-4-22-44(55)45-23-5-13-31-56(45)70/h1-8,10-13,15-26,28-31,33-40H,9,14,27,32H2. The third-order valence-electron chi connectivity index (χ3n) is 15.6. The van der Waals surface area contributed by atoms with E-state index in [0.29, 0.717) is 0 Å². The van der Waals surface area contributed by atoms with Crippen molar-refractivity contribution in [3.05, 3.63) is 229 Å². The van der Waals surface area contributed by atoms with Gasteiger partial charge >= 0.3 is 0 Å². The Labute approximate surface area is 408 Å². The summed E-state index contributed by atoms with van der Waals surface area (Å²) in [4.78, 5) is 5.62. The normalized spacial score (nSPS) is 13.6. The molecule has 6 nitrogen and oxygen atoms in total. The second kappa shape index (κ2) is 14.7. The molecule has 8 aromatic carbocycles. The SMILES string of the molecule is C1=Cc2c(c3c(ccc4c5c(n(-c6cccc(-n7c8ccccc8c8ccccc87)n6)c43)CCC=C5)n2-c2cccc(-n3c4ccccc4c4cc5c(cc43)c3ccccc3n5-c3ccccc3)c2)CC1. The number of rotatable bonds is 5. The summed E-state index contributed by atoms with van der Waals surface area (Å²) in [5, 5.41) is 10.0. The fraction of sp³-hybridized carbons (Fsp3) is 0.0615. The maximum Gasteiger partial charge on any atom is 0.140 e. The molecule has 334 valence electrons. The summed E-state index contributed by atoms with van der Waals surface area (Å²) in [5.74, 6) is 1.86. The van der Waals surface area contributed by atoms with E-state index in [1.165, 1.54) is 98.7 Å². The van der Waals surface area contributed by atoms with E-state index in [9.17, 15) is 0 Å². The predicted molar refractivity (Wildman–Crippen MR) is 296 cm³/mol. The van der Waals surface area contributed by atoms with Crippen LogP contribution in [0, 0.1) is 0 Å². The van der Waals surface area contributed by atoms with Gasteiger partial charge in [-0.15, -0.1) is 0 Å². The zero-order valence-corrected chi connectivity index (χ0v) is 38.8. The first-order valence-corrected chi connectivity index (χ1v) is 24.9. The van der Waals surface area contributed by atoms with E-state index in [1.54, 1.807) is 0 Å². The zero-order valence-electron chi connectivity index (χ0n) is 38.8.